The molecule has 0 amide bonds. The molecular weight excluding hydrogens is 176 g/mol. The Morgan fingerprint density at radius 2 is 1.71 bits per heavy atom. The van der Waals surface area contributed by atoms with E-state index in [0.29, 0.717) is 6.04 Å². The molecule has 3 nitrogen and oxygen atoms in total. The first kappa shape index (κ1) is 11.6. The number of ether oxygens (including phenoxy) is 1. The molecule has 0 unspecified atom stereocenters. The minimum absolute atomic E-state index is 0.431. The zero-order chi connectivity index (χ0) is 10.6. The Morgan fingerprint density at radius 3 is 2.21 bits per heavy atom. The van der Waals surface area contributed by atoms with Gasteiger partial charge in [0.1, 0.15) is 0 Å². The molecule has 1 fully saturated rings. The molecule has 0 spiro atoms. The molecule has 0 saturated heterocycles. The van der Waals surface area contributed by atoms with Crippen LogP contribution in [0.1, 0.15) is 46.5 Å². The standard InChI is InChI=1S/C11H22N2O/c1-9-5-7-10(8-6-9)12-13-11(2,3)14-4/h9-10H,5-8H2,1-4H3. The lowest BCUT2D eigenvalue weighted by Gasteiger charge is -2.23. The van der Waals surface area contributed by atoms with Crippen LogP contribution >= 0.6 is 0 Å². The van der Waals surface area contributed by atoms with Crippen molar-refractivity contribution in [1.82, 2.24) is 0 Å². The quantitative estimate of drug-likeness (QED) is 0.640. The SMILES string of the molecule is COC(C)(C)N=NC1CCC(C)CC1. The van der Waals surface area contributed by atoms with Crippen molar-refractivity contribution in [2.24, 2.45) is 16.1 Å². The number of nitrogens with zero attached hydrogens (tertiary/aromatic N) is 2. The highest BCUT2D eigenvalue weighted by Gasteiger charge is 2.19. The van der Waals surface area contributed by atoms with Gasteiger partial charge in [-0.25, -0.2) is 0 Å². The average molecular weight is 198 g/mol. The van der Waals surface area contributed by atoms with E-state index in [1.807, 2.05) is 13.8 Å². The van der Waals surface area contributed by atoms with E-state index in [-0.39, 0.29) is 0 Å². The summed E-state index contributed by atoms with van der Waals surface area (Å²) in [5, 5.41) is 8.59. The zero-order valence-corrected chi connectivity index (χ0v) is 9.79. The molecule has 1 rings (SSSR count). The van der Waals surface area contributed by atoms with Gasteiger partial charge in [-0.3, -0.25) is 0 Å². The van der Waals surface area contributed by atoms with Crippen molar-refractivity contribution >= 4 is 0 Å². The third kappa shape index (κ3) is 3.74. The highest BCUT2D eigenvalue weighted by atomic mass is 16.5. The van der Waals surface area contributed by atoms with E-state index in [4.69, 9.17) is 4.74 Å². The maximum Gasteiger partial charge on any atom is 0.172 e. The van der Waals surface area contributed by atoms with Gasteiger partial charge in [0.2, 0.25) is 0 Å². The van der Waals surface area contributed by atoms with Crippen LogP contribution < -0.4 is 0 Å². The van der Waals surface area contributed by atoms with E-state index in [1.54, 1.807) is 7.11 Å². The Hall–Kier alpha value is -0.440. The van der Waals surface area contributed by atoms with Gasteiger partial charge in [0.15, 0.2) is 5.72 Å². The fourth-order valence-electron chi connectivity index (χ4n) is 1.62. The summed E-state index contributed by atoms with van der Waals surface area (Å²) in [5.41, 5.74) is -0.455. The number of hydrogen-bond donors (Lipinski definition) is 0. The third-order valence-corrected chi connectivity index (χ3v) is 2.95. The highest BCUT2D eigenvalue weighted by molar-refractivity contribution is 4.74. The van der Waals surface area contributed by atoms with Crippen LogP contribution in [0, 0.1) is 5.92 Å². The minimum atomic E-state index is -0.455. The molecule has 1 saturated carbocycles. The monoisotopic (exact) mass is 198 g/mol. The lowest BCUT2D eigenvalue weighted by atomic mass is 9.88. The predicted octanol–water partition coefficient (Wildman–Crippen LogP) is 3.40. The van der Waals surface area contributed by atoms with E-state index in [2.05, 4.69) is 17.2 Å². The molecule has 1 aliphatic carbocycles. The molecule has 1 aliphatic rings. The molecule has 14 heavy (non-hydrogen) atoms. The summed E-state index contributed by atoms with van der Waals surface area (Å²) in [6.45, 7) is 6.18. The van der Waals surface area contributed by atoms with Gasteiger partial charge in [-0.2, -0.15) is 10.2 Å². The van der Waals surface area contributed by atoms with Gasteiger partial charge in [-0.1, -0.05) is 6.92 Å². The first-order valence-electron chi connectivity index (χ1n) is 5.50. The van der Waals surface area contributed by atoms with E-state index in [0.717, 1.165) is 5.92 Å². The first-order chi connectivity index (χ1) is 6.53. The summed E-state index contributed by atoms with van der Waals surface area (Å²) < 4.78 is 5.19. The molecule has 0 aliphatic heterocycles. The van der Waals surface area contributed by atoms with Gasteiger partial charge in [0.05, 0.1) is 6.04 Å². The summed E-state index contributed by atoms with van der Waals surface area (Å²) >= 11 is 0. The summed E-state index contributed by atoms with van der Waals surface area (Å²) in [7, 11) is 1.67. The second kappa shape index (κ2) is 4.87. The lowest BCUT2D eigenvalue weighted by molar-refractivity contribution is 0.0224. The van der Waals surface area contributed by atoms with Crippen LogP contribution in [0.5, 0.6) is 0 Å². The fourth-order valence-corrected chi connectivity index (χ4v) is 1.62. The third-order valence-electron chi connectivity index (χ3n) is 2.95. The van der Waals surface area contributed by atoms with Gasteiger partial charge in [-0.15, -0.1) is 0 Å². The van der Waals surface area contributed by atoms with Gasteiger partial charge in [-0.05, 0) is 45.4 Å². The molecule has 0 aromatic heterocycles. The molecule has 0 aromatic carbocycles. The highest BCUT2D eigenvalue weighted by Crippen LogP contribution is 2.26. The van der Waals surface area contributed by atoms with Crippen molar-refractivity contribution in [3.8, 4) is 0 Å². The molecular formula is C11H22N2O. The summed E-state index contributed by atoms with van der Waals surface area (Å²) in [5.74, 6) is 0.872. The lowest BCUT2D eigenvalue weighted by Crippen LogP contribution is -2.20. The van der Waals surface area contributed by atoms with Crippen molar-refractivity contribution in [2.75, 3.05) is 7.11 Å². The molecule has 3 heteroatoms. The average Bonchev–Trinajstić information content (AvgIpc) is 2.17. The normalized spacial score (nSPS) is 29.7. The maximum absolute atomic E-state index is 5.19. The summed E-state index contributed by atoms with van der Waals surface area (Å²) in [4.78, 5) is 0. The molecule has 0 bridgehead atoms. The molecule has 0 N–H and O–H groups in total. The first-order valence-corrected chi connectivity index (χ1v) is 5.50. The van der Waals surface area contributed by atoms with E-state index < -0.39 is 5.72 Å². The van der Waals surface area contributed by atoms with Crippen LogP contribution in [0.15, 0.2) is 10.2 Å². The molecule has 0 radical (unpaired) electrons. The van der Waals surface area contributed by atoms with Gasteiger partial charge < -0.3 is 4.74 Å². The predicted molar refractivity (Wildman–Crippen MR) is 57.4 cm³/mol. The Morgan fingerprint density at radius 1 is 1.14 bits per heavy atom. The number of hydrogen-bond acceptors (Lipinski definition) is 3. The van der Waals surface area contributed by atoms with Gasteiger partial charge >= 0.3 is 0 Å². The smallest absolute Gasteiger partial charge is 0.172 e. The van der Waals surface area contributed by atoms with Crippen LogP contribution in [-0.2, 0) is 4.74 Å². The van der Waals surface area contributed by atoms with Crippen LogP contribution in [0.3, 0.4) is 0 Å². The van der Waals surface area contributed by atoms with Crippen LogP contribution in [0.2, 0.25) is 0 Å². The topological polar surface area (TPSA) is 34.0 Å². The largest absolute Gasteiger partial charge is 0.356 e. The molecule has 0 atom stereocenters. The van der Waals surface area contributed by atoms with Crippen molar-refractivity contribution in [3.63, 3.8) is 0 Å². The van der Waals surface area contributed by atoms with Crippen LogP contribution in [0.4, 0.5) is 0 Å². The molecule has 0 heterocycles. The van der Waals surface area contributed by atoms with Crippen molar-refractivity contribution in [1.29, 1.82) is 0 Å². The molecule has 0 aromatic rings. The van der Waals surface area contributed by atoms with Crippen LogP contribution in [-0.4, -0.2) is 18.9 Å². The Kier molecular flexibility index (Phi) is 4.05. The number of azo groups is 1. The van der Waals surface area contributed by atoms with E-state index in [9.17, 15) is 0 Å². The second-order valence-electron chi connectivity index (χ2n) is 4.78. The van der Waals surface area contributed by atoms with Crippen LogP contribution in [0.25, 0.3) is 0 Å². The number of rotatable bonds is 3. The minimum Gasteiger partial charge on any atom is -0.356 e. The fraction of sp³-hybridized carbons (Fsp3) is 1.00. The van der Waals surface area contributed by atoms with Crippen molar-refractivity contribution < 1.29 is 4.74 Å². The van der Waals surface area contributed by atoms with E-state index >= 15 is 0 Å². The van der Waals surface area contributed by atoms with Gasteiger partial charge in [0, 0.05) is 7.11 Å². The molecule has 82 valence electrons. The van der Waals surface area contributed by atoms with Crippen molar-refractivity contribution in [2.45, 2.75) is 58.2 Å². The summed E-state index contributed by atoms with van der Waals surface area (Å²) in [6.07, 6.45) is 4.95. The zero-order valence-electron chi connectivity index (χ0n) is 9.79. The van der Waals surface area contributed by atoms with E-state index in [1.165, 1.54) is 25.7 Å². The summed E-state index contributed by atoms with van der Waals surface area (Å²) in [6, 6.07) is 0.431. The second-order valence-corrected chi connectivity index (χ2v) is 4.78. The van der Waals surface area contributed by atoms with Crippen molar-refractivity contribution in [3.05, 3.63) is 0 Å². The Bertz CT molecular complexity index is 193. The maximum atomic E-state index is 5.19. The van der Waals surface area contributed by atoms with Gasteiger partial charge in [0.25, 0.3) is 0 Å². The number of methoxy groups -OCH3 is 1. The Labute approximate surface area is 86.9 Å². The Balaban J connectivity index is 2.37.